The molecule has 0 N–H and O–H groups in total. The third-order valence-electron chi connectivity index (χ3n) is 5.97. The lowest BCUT2D eigenvalue weighted by atomic mass is 9.91. The van der Waals surface area contributed by atoms with Gasteiger partial charge in [0, 0.05) is 22.6 Å². The number of ether oxygens (including phenoxy) is 1. The predicted octanol–water partition coefficient (Wildman–Crippen LogP) is 8.63. The second-order valence-electron chi connectivity index (χ2n) is 8.67. The fourth-order valence-electron chi connectivity index (χ4n) is 3.95. The number of aryl methyl sites for hydroxylation is 1. The highest BCUT2D eigenvalue weighted by molar-refractivity contribution is 5.89. The molecule has 0 bridgehead atoms. The summed E-state index contributed by atoms with van der Waals surface area (Å²) in [6.07, 6.45) is 4.88. The molecule has 0 fully saturated rings. The van der Waals surface area contributed by atoms with Crippen LogP contribution in [0.1, 0.15) is 63.5 Å². The largest absolute Gasteiger partial charge is 0.423 e. The number of benzene rings is 3. The van der Waals surface area contributed by atoms with Crippen LogP contribution in [0.25, 0.3) is 0 Å². The molecule has 0 aliphatic heterocycles. The van der Waals surface area contributed by atoms with Gasteiger partial charge in [-0.3, -0.25) is 0 Å². The monoisotopic (exact) mass is 441 g/mol. The Bertz CT molecular complexity index is 1050. The average molecular weight is 442 g/mol. The molecule has 3 nitrogen and oxygen atoms in total. The van der Waals surface area contributed by atoms with E-state index < -0.39 is 5.97 Å². The van der Waals surface area contributed by atoms with Crippen molar-refractivity contribution in [3.63, 3.8) is 0 Å². The Morgan fingerprint density at radius 1 is 0.879 bits per heavy atom. The van der Waals surface area contributed by atoms with Gasteiger partial charge in [0.2, 0.25) is 0 Å². The van der Waals surface area contributed by atoms with Crippen molar-refractivity contribution in [3.05, 3.63) is 96.1 Å². The summed E-state index contributed by atoms with van der Waals surface area (Å²) in [5.74, 6) is 0.698. The van der Waals surface area contributed by atoms with Gasteiger partial charge in [-0.05, 0) is 86.7 Å². The summed E-state index contributed by atoms with van der Waals surface area (Å²) in [5.41, 5.74) is 6.18. The highest BCUT2D eigenvalue weighted by atomic mass is 16.5. The lowest BCUT2D eigenvalue weighted by molar-refractivity contribution is -0.130. The molecule has 0 radical (unpaired) electrons. The molecular weight excluding hydrogens is 406 g/mol. The summed E-state index contributed by atoms with van der Waals surface area (Å²) in [6.45, 7) is 11.9. The summed E-state index contributed by atoms with van der Waals surface area (Å²) in [7, 11) is 0. The van der Waals surface area contributed by atoms with Gasteiger partial charge in [0.15, 0.2) is 0 Å². The third-order valence-corrected chi connectivity index (χ3v) is 5.97. The van der Waals surface area contributed by atoms with Gasteiger partial charge < -0.3 is 9.64 Å². The zero-order chi connectivity index (χ0) is 23.8. The minimum absolute atomic E-state index is 0.379. The molecule has 0 saturated carbocycles. The van der Waals surface area contributed by atoms with Gasteiger partial charge in [-0.15, -0.1) is 0 Å². The number of nitrogens with zero attached hydrogens (tertiary/aromatic N) is 1. The molecule has 172 valence electrons. The molecular formula is C30H35NO2. The van der Waals surface area contributed by atoms with E-state index in [-0.39, 0.29) is 0 Å². The number of unbranched alkanes of at least 4 members (excludes halogenated alkanes) is 1. The molecule has 3 rings (SSSR count). The number of esters is 1. The maximum Gasteiger partial charge on any atom is 0.338 e. The van der Waals surface area contributed by atoms with E-state index in [4.69, 9.17) is 4.74 Å². The van der Waals surface area contributed by atoms with Crippen LogP contribution >= 0.6 is 0 Å². The van der Waals surface area contributed by atoms with E-state index in [1.54, 1.807) is 6.92 Å². The summed E-state index contributed by atoms with van der Waals surface area (Å²) in [5, 5.41) is 0. The van der Waals surface area contributed by atoms with E-state index in [2.05, 4.69) is 80.8 Å². The van der Waals surface area contributed by atoms with Crippen LogP contribution in [0.3, 0.4) is 0 Å². The van der Waals surface area contributed by atoms with Gasteiger partial charge in [0.05, 0.1) is 0 Å². The molecule has 3 aromatic carbocycles. The van der Waals surface area contributed by atoms with E-state index >= 15 is 0 Å². The van der Waals surface area contributed by atoms with Crippen LogP contribution in [0.4, 0.5) is 17.1 Å². The van der Waals surface area contributed by atoms with Crippen molar-refractivity contribution >= 4 is 23.0 Å². The van der Waals surface area contributed by atoms with Crippen molar-refractivity contribution in [1.82, 2.24) is 0 Å². The molecule has 0 aliphatic rings. The minimum atomic E-state index is -0.415. The number of hydrogen-bond donors (Lipinski definition) is 0. The van der Waals surface area contributed by atoms with Crippen LogP contribution in [0.15, 0.2) is 84.9 Å². The molecule has 1 atom stereocenters. The topological polar surface area (TPSA) is 29.5 Å². The van der Waals surface area contributed by atoms with Crippen molar-refractivity contribution in [3.8, 4) is 5.75 Å². The van der Waals surface area contributed by atoms with Gasteiger partial charge in [-0.1, -0.05) is 63.1 Å². The standard InChI is InChI=1S/C30H35NO2/c1-6-8-9-24(7-2)25-12-16-27(17-13-25)31(26-14-10-23(5)11-15-26)28-18-20-29(21-19-28)33-30(32)22(3)4/h10-21,24H,3,6-9H2,1-2,4-5H3. The molecule has 0 aliphatic carbocycles. The lowest BCUT2D eigenvalue weighted by Gasteiger charge is -2.26. The Hall–Kier alpha value is -3.33. The zero-order valence-electron chi connectivity index (χ0n) is 20.3. The predicted molar refractivity (Wildman–Crippen MR) is 139 cm³/mol. The van der Waals surface area contributed by atoms with E-state index in [9.17, 15) is 4.79 Å². The molecule has 33 heavy (non-hydrogen) atoms. The number of carbonyl (C=O) groups is 1. The van der Waals surface area contributed by atoms with Gasteiger partial charge in [-0.25, -0.2) is 4.79 Å². The molecule has 0 saturated heterocycles. The number of hydrogen-bond acceptors (Lipinski definition) is 3. The van der Waals surface area contributed by atoms with Crippen LogP contribution in [0.2, 0.25) is 0 Å². The first kappa shape index (κ1) is 24.3. The summed E-state index contributed by atoms with van der Waals surface area (Å²) >= 11 is 0. The SMILES string of the molecule is C=C(C)C(=O)Oc1ccc(N(c2ccc(C)cc2)c2ccc(C(CC)CCCC)cc2)cc1. The molecule has 3 aromatic rings. The van der Waals surface area contributed by atoms with Gasteiger partial charge in [0.25, 0.3) is 0 Å². The van der Waals surface area contributed by atoms with E-state index in [1.165, 1.54) is 30.4 Å². The molecule has 0 aromatic heterocycles. The van der Waals surface area contributed by atoms with Crippen molar-refractivity contribution in [2.45, 2.75) is 59.3 Å². The van der Waals surface area contributed by atoms with Crippen molar-refractivity contribution in [1.29, 1.82) is 0 Å². The highest BCUT2D eigenvalue weighted by Gasteiger charge is 2.15. The molecule has 0 amide bonds. The minimum Gasteiger partial charge on any atom is -0.423 e. The van der Waals surface area contributed by atoms with Crippen LogP contribution in [-0.2, 0) is 4.79 Å². The first-order valence-electron chi connectivity index (χ1n) is 11.9. The highest BCUT2D eigenvalue weighted by Crippen LogP contribution is 2.36. The van der Waals surface area contributed by atoms with Gasteiger partial charge >= 0.3 is 5.97 Å². The fraction of sp³-hybridized carbons (Fsp3) is 0.300. The maximum absolute atomic E-state index is 11.9. The van der Waals surface area contributed by atoms with Gasteiger partial charge in [-0.2, -0.15) is 0 Å². The van der Waals surface area contributed by atoms with Crippen LogP contribution in [0.5, 0.6) is 5.75 Å². The van der Waals surface area contributed by atoms with E-state index in [0.29, 0.717) is 17.2 Å². The van der Waals surface area contributed by atoms with Crippen LogP contribution < -0.4 is 9.64 Å². The molecule has 1 unspecified atom stereocenters. The van der Waals surface area contributed by atoms with Crippen molar-refractivity contribution in [2.24, 2.45) is 0 Å². The smallest absolute Gasteiger partial charge is 0.338 e. The van der Waals surface area contributed by atoms with Crippen LogP contribution in [-0.4, -0.2) is 5.97 Å². The maximum atomic E-state index is 11.9. The van der Waals surface area contributed by atoms with E-state index in [0.717, 1.165) is 23.5 Å². The molecule has 0 spiro atoms. The Morgan fingerprint density at radius 2 is 1.39 bits per heavy atom. The van der Waals surface area contributed by atoms with Crippen molar-refractivity contribution < 1.29 is 9.53 Å². The van der Waals surface area contributed by atoms with Gasteiger partial charge in [0.1, 0.15) is 5.75 Å². The number of carbonyl (C=O) groups excluding carboxylic acids is 1. The summed E-state index contributed by atoms with van der Waals surface area (Å²) < 4.78 is 5.37. The number of rotatable bonds is 10. The zero-order valence-corrected chi connectivity index (χ0v) is 20.3. The number of anilines is 3. The lowest BCUT2D eigenvalue weighted by Crippen LogP contribution is -2.11. The molecule has 3 heteroatoms. The third kappa shape index (κ3) is 6.35. The Morgan fingerprint density at radius 3 is 1.88 bits per heavy atom. The first-order valence-corrected chi connectivity index (χ1v) is 11.9. The van der Waals surface area contributed by atoms with Crippen molar-refractivity contribution in [2.75, 3.05) is 4.90 Å². The van der Waals surface area contributed by atoms with Crippen LogP contribution in [0, 0.1) is 6.92 Å². The first-order chi connectivity index (χ1) is 15.9. The molecule has 0 heterocycles. The Kier molecular flexibility index (Phi) is 8.48. The Labute approximate surface area is 198 Å². The summed E-state index contributed by atoms with van der Waals surface area (Å²) in [4.78, 5) is 14.1. The average Bonchev–Trinajstić information content (AvgIpc) is 2.83. The summed E-state index contributed by atoms with van der Waals surface area (Å²) in [6, 6.07) is 25.1. The fourth-order valence-corrected chi connectivity index (χ4v) is 3.95. The second kappa shape index (κ2) is 11.5. The quantitative estimate of drug-likeness (QED) is 0.179. The normalized spacial score (nSPS) is 11.6. The second-order valence-corrected chi connectivity index (χ2v) is 8.67. The van der Waals surface area contributed by atoms with E-state index in [1.807, 2.05) is 24.3 Å². The Balaban J connectivity index is 1.93.